The highest BCUT2D eigenvalue weighted by molar-refractivity contribution is 5.25. The molecular weight excluding hydrogens is 218 g/mol. The second kappa shape index (κ2) is 5.05. The predicted octanol–water partition coefficient (Wildman–Crippen LogP) is 4.22. The van der Waals surface area contributed by atoms with Crippen molar-refractivity contribution in [2.75, 3.05) is 0 Å². The lowest BCUT2D eigenvalue weighted by atomic mass is 9.68. The zero-order chi connectivity index (χ0) is 12.4. The molecule has 1 aromatic rings. The molecule has 2 saturated carbocycles. The maximum Gasteiger partial charge on any atom is 0.0440 e. The van der Waals surface area contributed by atoms with E-state index >= 15 is 0 Å². The van der Waals surface area contributed by atoms with Gasteiger partial charge in [0.15, 0.2) is 0 Å². The van der Waals surface area contributed by atoms with Crippen molar-refractivity contribution in [1.82, 2.24) is 0 Å². The third kappa shape index (κ3) is 2.21. The van der Waals surface area contributed by atoms with E-state index < -0.39 is 0 Å². The van der Waals surface area contributed by atoms with Crippen LogP contribution in [0.4, 0.5) is 0 Å². The average molecular weight is 243 g/mol. The summed E-state index contributed by atoms with van der Waals surface area (Å²) in [4.78, 5) is 0. The minimum atomic E-state index is -0.0527. The lowest BCUT2D eigenvalue weighted by Crippen LogP contribution is -2.45. The summed E-state index contributed by atoms with van der Waals surface area (Å²) in [5.74, 6) is 1.59. The zero-order valence-electron chi connectivity index (χ0n) is 11.3. The van der Waals surface area contributed by atoms with Crippen molar-refractivity contribution in [2.45, 2.75) is 56.9 Å². The van der Waals surface area contributed by atoms with E-state index in [1.807, 2.05) is 0 Å². The van der Waals surface area contributed by atoms with Gasteiger partial charge in [0.2, 0.25) is 0 Å². The standard InChI is InChI=1S/C17H25N/c18-17(13-14-7-6-8-14,16-11-4-5-12-16)15-9-2-1-3-10-15/h1-3,9-10,14,16H,4-8,11-13,18H2. The number of nitrogens with two attached hydrogens (primary N) is 1. The van der Waals surface area contributed by atoms with Gasteiger partial charge in [0.05, 0.1) is 0 Å². The summed E-state index contributed by atoms with van der Waals surface area (Å²) in [6.07, 6.45) is 10.8. The highest BCUT2D eigenvalue weighted by atomic mass is 14.8. The summed E-state index contributed by atoms with van der Waals surface area (Å²) >= 11 is 0. The summed E-state index contributed by atoms with van der Waals surface area (Å²) in [7, 11) is 0. The fourth-order valence-corrected chi connectivity index (χ4v) is 3.88. The average Bonchev–Trinajstić information content (AvgIpc) is 2.89. The normalized spacial score (nSPS) is 24.7. The molecule has 2 aliphatic rings. The van der Waals surface area contributed by atoms with Crippen LogP contribution in [0.2, 0.25) is 0 Å². The molecule has 3 rings (SSSR count). The van der Waals surface area contributed by atoms with Crippen LogP contribution in [0, 0.1) is 11.8 Å². The van der Waals surface area contributed by atoms with Crippen LogP contribution in [-0.4, -0.2) is 0 Å². The number of hydrogen-bond acceptors (Lipinski definition) is 1. The van der Waals surface area contributed by atoms with Gasteiger partial charge in [-0.05, 0) is 36.7 Å². The Morgan fingerprint density at radius 1 is 0.944 bits per heavy atom. The van der Waals surface area contributed by atoms with Crippen LogP contribution in [0.1, 0.15) is 56.9 Å². The van der Waals surface area contributed by atoms with Gasteiger partial charge in [-0.2, -0.15) is 0 Å². The van der Waals surface area contributed by atoms with Crippen LogP contribution in [0.15, 0.2) is 30.3 Å². The topological polar surface area (TPSA) is 26.0 Å². The van der Waals surface area contributed by atoms with Gasteiger partial charge in [0.25, 0.3) is 0 Å². The molecule has 0 saturated heterocycles. The highest BCUT2D eigenvalue weighted by Gasteiger charge is 2.40. The van der Waals surface area contributed by atoms with Crippen LogP contribution >= 0.6 is 0 Å². The van der Waals surface area contributed by atoms with Gasteiger partial charge in [0, 0.05) is 5.54 Å². The van der Waals surface area contributed by atoms with Crippen molar-refractivity contribution in [2.24, 2.45) is 17.6 Å². The lowest BCUT2D eigenvalue weighted by Gasteiger charge is -2.41. The summed E-state index contributed by atoms with van der Waals surface area (Å²) in [5, 5.41) is 0. The molecule has 1 atom stereocenters. The molecule has 98 valence electrons. The molecular formula is C17H25N. The van der Waals surface area contributed by atoms with E-state index in [1.54, 1.807) is 0 Å². The van der Waals surface area contributed by atoms with E-state index in [9.17, 15) is 0 Å². The summed E-state index contributed by atoms with van der Waals surface area (Å²) < 4.78 is 0. The summed E-state index contributed by atoms with van der Waals surface area (Å²) in [6.45, 7) is 0. The Labute approximate surface area is 111 Å². The van der Waals surface area contributed by atoms with Crippen LogP contribution in [0.25, 0.3) is 0 Å². The first kappa shape index (κ1) is 12.2. The van der Waals surface area contributed by atoms with Crippen LogP contribution < -0.4 is 5.73 Å². The van der Waals surface area contributed by atoms with E-state index in [-0.39, 0.29) is 5.54 Å². The molecule has 0 spiro atoms. The molecule has 1 unspecified atom stereocenters. The molecule has 1 heteroatoms. The van der Waals surface area contributed by atoms with Gasteiger partial charge in [-0.15, -0.1) is 0 Å². The molecule has 18 heavy (non-hydrogen) atoms. The first-order chi connectivity index (χ1) is 8.79. The highest BCUT2D eigenvalue weighted by Crippen LogP contribution is 2.45. The van der Waals surface area contributed by atoms with Gasteiger partial charge in [-0.3, -0.25) is 0 Å². The van der Waals surface area contributed by atoms with E-state index in [0.717, 1.165) is 5.92 Å². The monoisotopic (exact) mass is 243 g/mol. The van der Waals surface area contributed by atoms with Gasteiger partial charge >= 0.3 is 0 Å². The Hall–Kier alpha value is -0.820. The number of hydrogen-bond donors (Lipinski definition) is 1. The lowest BCUT2D eigenvalue weighted by molar-refractivity contribution is 0.169. The maximum absolute atomic E-state index is 6.94. The van der Waals surface area contributed by atoms with Crippen molar-refractivity contribution in [3.63, 3.8) is 0 Å². The van der Waals surface area contributed by atoms with Gasteiger partial charge in [0.1, 0.15) is 0 Å². The Balaban J connectivity index is 1.86. The van der Waals surface area contributed by atoms with Gasteiger partial charge in [-0.25, -0.2) is 0 Å². The van der Waals surface area contributed by atoms with Crippen molar-refractivity contribution in [3.05, 3.63) is 35.9 Å². The molecule has 0 aliphatic heterocycles. The Morgan fingerprint density at radius 3 is 2.17 bits per heavy atom. The third-order valence-corrected chi connectivity index (χ3v) is 5.25. The van der Waals surface area contributed by atoms with E-state index in [4.69, 9.17) is 5.73 Å². The van der Waals surface area contributed by atoms with Crippen molar-refractivity contribution < 1.29 is 0 Å². The molecule has 1 aromatic carbocycles. The largest absolute Gasteiger partial charge is 0.321 e. The first-order valence-electron chi connectivity index (χ1n) is 7.63. The Kier molecular flexibility index (Phi) is 3.43. The van der Waals surface area contributed by atoms with Crippen molar-refractivity contribution in [3.8, 4) is 0 Å². The fourth-order valence-electron chi connectivity index (χ4n) is 3.88. The molecule has 0 amide bonds. The van der Waals surface area contributed by atoms with Crippen molar-refractivity contribution >= 4 is 0 Å². The zero-order valence-corrected chi connectivity index (χ0v) is 11.3. The second-order valence-electron chi connectivity index (χ2n) is 6.39. The summed E-state index contributed by atoms with van der Waals surface area (Å²) in [5.41, 5.74) is 8.26. The van der Waals surface area contributed by atoms with Gasteiger partial charge in [-0.1, -0.05) is 62.4 Å². The minimum absolute atomic E-state index is 0.0527. The molecule has 1 nitrogen and oxygen atoms in total. The molecule has 2 fully saturated rings. The Bertz CT molecular complexity index is 376. The fraction of sp³-hybridized carbons (Fsp3) is 0.647. The molecule has 0 aromatic heterocycles. The van der Waals surface area contributed by atoms with E-state index in [2.05, 4.69) is 30.3 Å². The van der Waals surface area contributed by atoms with E-state index in [0.29, 0.717) is 5.92 Å². The molecule has 2 N–H and O–H groups in total. The predicted molar refractivity (Wildman–Crippen MR) is 76.2 cm³/mol. The molecule has 0 bridgehead atoms. The van der Waals surface area contributed by atoms with Gasteiger partial charge < -0.3 is 5.73 Å². The van der Waals surface area contributed by atoms with Crippen molar-refractivity contribution in [1.29, 1.82) is 0 Å². The minimum Gasteiger partial charge on any atom is -0.321 e. The SMILES string of the molecule is NC(CC1CCC1)(c1ccccc1)C1CCCC1. The van der Waals surface area contributed by atoms with Crippen LogP contribution in [-0.2, 0) is 5.54 Å². The quantitative estimate of drug-likeness (QED) is 0.841. The first-order valence-corrected chi connectivity index (χ1v) is 7.63. The molecule has 2 aliphatic carbocycles. The molecule has 0 heterocycles. The van der Waals surface area contributed by atoms with Crippen LogP contribution in [0.3, 0.4) is 0 Å². The molecule has 0 radical (unpaired) electrons. The smallest absolute Gasteiger partial charge is 0.0440 e. The van der Waals surface area contributed by atoms with Crippen LogP contribution in [0.5, 0.6) is 0 Å². The second-order valence-corrected chi connectivity index (χ2v) is 6.39. The van der Waals surface area contributed by atoms with E-state index in [1.165, 1.54) is 56.9 Å². The third-order valence-electron chi connectivity index (χ3n) is 5.25. The number of benzene rings is 1. The summed E-state index contributed by atoms with van der Waals surface area (Å²) in [6, 6.07) is 10.9. The Morgan fingerprint density at radius 2 is 1.61 bits per heavy atom. The number of rotatable bonds is 4. The maximum atomic E-state index is 6.94.